The van der Waals surface area contributed by atoms with Crippen molar-refractivity contribution in [3.8, 4) is 5.75 Å². The Kier molecular flexibility index (Phi) is 7.83. The van der Waals surface area contributed by atoms with E-state index in [2.05, 4.69) is 20.8 Å². The van der Waals surface area contributed by atoms with Crippen LogP contribution in [0.25, 0.3) is 0 Å². The number of carbonyl (C=O) groups excluding carboxylic acids is 1. The lowest BCUT2D eigenvalue weighted by Gasteiger charge is -2.09. The van der Waals surface area contributed by atoms with Gasteiger partial charge in [-0.3, -0.25) is 4.79 Å². The van der Waals surface area contributed by atoms with Crippen molar-refractivity contribution in [3.05, 3.63) is 33.3 Å². The number of amides is 1. The maximum Gasteiger partial charge on any atom is 0.226 e. The molecule has 2 N–H and O–H groups in total. The predicted octanol–water partition coefficient (Wildman–Crippen LogP) is 4.08. The number of ether oxygens (including phenoxy) is 1. The number of halogens is 2. The number of thiocarbonyl (C=S) groups is 1. The van der Waals surface area contributed by atoms with Crippen LogP contribution in [-0.4, -0.2) is 27.8 Å². The minimum atomic E-state index is -0.205. The Bertz CT molecular complexity index is 755. The average Bonchev–Trinajstić information content (AvgIpc) is 3.00. The van der Waals surface area contributed by atoms with E-state index in [1.165, 1.54) is 11.3 Å². The third kappa shape index (κ3) is 6.74. The van der Waals surface area contributed by atoms with Crippen molar-refractivity contribution in [2.75, 3.05) is 11.9 Å². The summed E-state index contributed by atoms with van der Waals surface area (Å²) in [5.74, 6) is 0.329. The van der Waals surface area contributed by atoms with Crippen LogP contribution in [0.15, 0.2) is 18.2 Å². The summed E-state index contributed by atoms with van der Waals surface area (Å²) in [5, 5.41) is 16.0. The molecule has 6 nitrogen and oxygen atoms in total. The molecule has 1 aromatic heterocycles. The topological polar surface area (TPSA) is 76.1 Å². The molecule has 1 amide bonds. The van der Waals surface area contributed by atoms with Crippen LogP contribution < -0.4 is 15.4 Å². The van der Waals surface area contributed by atoms with Gasteiger partial charge in [0.25, 0.3) is 0 Å². The van der Waals surface area contributed by atoms with Gasteiger partial charge >= 0.3 is 0 Å². The lowest BCUT2D eigenvalue weighted by atomic mass is 10.3. The van der Waals surface area contributed by atoms with E-state index in [0.717, 1.165) is 11.4 Å². The van der Waals surface area contributed by atoms with E-state index >= 15 is 0 Å². The highest BCUT2D eigenvalue weighted by Gasteiger charge is 2.08. The zero-order chi connectivity index (χ0) is 18.2. The summed E-state index contributed by atoms with van der Waals surface area (Å²) in [6.45, 7) is 2.34. The van der Waals surface area contributed by atoms with Gasteiger partial charge in [0.2, 0.25) is 11.0 Å². The highest BCUT2D eigenvalue weighted by molar-refractivity contribution is 7.80. The number of hydrogen-bond donors (Lipinski definition) is 2. The maximum absolute atomic E-state index is 11.9. The number of rotatable bonds is 7. The first-order valence-corrected chi connectivity index (χ1v) is 9.47. The Balaban J connectivity index is 1.67. The molecule has 0 atom stereocenters. The van der Waals surface area contributed by atoms with Crippen LogP contribution in [0, 0.1) is 0 Å². The van der Waals surface area contributed by atoms with E-state index in [1.54, 1.807) is 18.2 Å². The molecule has 0 radical (unpaired) electrons. The normalized spacial score (nSPS) is 10.4. The van der Waals surface area contributed by atoms with Gasteiger partial charge in [-0.15, -0.1) is 10.2 Å². The minimum absolute atomic E-state index is 0.200. The SMILES string of the molecule is CCc1nnc(NC(=S)NC(=O)CCCOc2ccc(Cl)cc2Cl)s1. The average molecular weight is 419 g/mol. The molecular weight excluding hydrogens is 403 g/mol. The van der Waals surface area contributed by atoms with Crippen molar-refractivity contribution in [1.82, 2.24) is 15.5 Å². The van der Waals surface area contributed by atoms with Crippen LogP contribution >= 0.6 is 46.8 Å². The predicted molar refractivity (Wildman–Crippen MR) is 105 cm³/mol. The lowest BCUT2D eigenvalue weighted by molar-refractivity contribution is -0.119. The summed E-state index contributed by atoms with van der Waals surface area (Å²) < 4.78 is 5.52. The smallest absolute Gasteiger partial charge is 0.226 e. The Morgan fingerprint density at radius 2 is 2.16 bits per heavy atom. The van der Waals surface area contributed by atoms with Gasteiger partial charge in [0.05, 0.1) is 11.6 Å². The van der Waals surface area contributed by atoms with Gasteiger partial charge in [0.15, 0.2) is 5.11 Å². The highest BCUT2D eigenvalue weighted by atomic mass is 35.5. The van der Waals surface area contributed by atoms with E-state index in [1.807, 2.05) is 6.92 Å². The lowest BCUT2D eigenvalue weighted by Crippen LogP contribution is -2.34. The Morgan fingerprint density at radius 3 is 2.84 bits per heavy atom. The molecule has 10 heteroatoms. The van der Waals surface area contributed by atoms with Gasteiger partial charge in [0, 0.05) is 11.4 Å². The monoisotopic (exact) mass is 418 g/mol. The zero-order valence-corrected chi connectivity index (χ0v) is 16.5. The zero-order valence-electron chi connectivity index (χ0n) is 13.3. The Labute approximate surface area is 164 Å². The molecule has 0 aliphatic heterocycles. The Hall–Kier alpha value is -1.48. The molecule has 2 aromatic rings. The van der Waals surface area contributed by atoms with Crippen molar-refractivity contribution in [1.29, 1.82) is 0 Å². The fraction of sp³-hybridized carbons (Fsp3) is 0.333. The van der Waals surface area contributed by atoms with Crippen molar-refractivity contribution in [3.63, 3.8) is 0 Å². The van der Waals surface area contributed by atoms with Crippen molar-refractivity contribution in [2.45, 2.75) is 26.2 Å². The van der Waals surface area contributed by atoms with E-state index in [-0.39, 0.29) is 17.4 Å². The molecule has 1 aromatic carbocycles. The van der Waals surface area contributed by atoms with E-state index in [9.17, 15) is 4.79 Å². The third-order valence-corrected chi connectivity index (χ3v) is 4.66. The molecule has 0 unspecified atom stereocenters. The van der Waals surface area contributed by atoms with Crippen molar-refractivity contribution >= 4 is 62.9 Å². The summed E-state index contributed by atoms with van der Waals surface area (Å²) in [5.41, 5.74) is 0. The number of anilines is 1. The Morgan fingerprint density at radius 1 is 1.36 bits per heavy atom. The molecule has 0 aliphatic rings. The molecule has 0 fully saturated rings. The number of aryl methyl sites for hydroxylation is 1. The number of hydrogen-bond acceptors (Lipinski definition) is 6. The van der Waals surface area contributed by atoms with Gasteiger partial charge in [0.1, 0.15) is 10.8 Å². The molecule has 0 saturated carbocycles. The molecule has 25 heavy (non-hydrogen) atoms. The van der Waals surface area contributed by atoms with E-state index in [4.69, 9.17) is 40.2 Å². The fourth-order valence-electron chi connectivity index (χ4n) is 1.77. The van der Waals surface area contributed by atoms with Crippen LogP contribution in [-0.2, 0) is 11.2 Å². The summed E-state index contributed by atoms with van der Waals surface area (Å²) >= 11 is 18.3. The molecule has 0 spiro atoms. The summed E-state index contributed by atoms with van der Waals surface area (Å²) in [4.78, 5) is 11.9. The second kappa shape index (κ2) is 9.86. The van der Waals surface area contributed by atoms with Crippen LogP contribution in [0.2, 0.25) is 10.0 Å². The number of nitrogens with one attached hydrogen (secondary N) is 2. The van der Waals surface area contributed by atoms with E-state index < -0.39 is 0 Å². The first-order valence-electron chi connectivity index (χ1n) is 7.49. The summed E-state index contributed by atoms with van der Waals surface area (Å²) in [6.07, 6.45) is 1.59. The summed E-state index contributed by atoms with van der Waals surface area (Å²) in [7, 11) is 0. The van der Waals surface area contributed by atoms with E-state index in [0.29, 0.717) is 34.0 Å². The van der Waals surface area contributed by atoms with Crippen LogP contribution in [0.4, 0.5) is 5.13 Å². The van der Waals surface area contributed by atoms with Crippen LogP contribution in [0.5, 0.6) is 5.75 Å². The third-order valence-electron chi connectivity index (χ3n) is 2.94. The van der Waals surface area contributed by atoms with Crippen LogP contribution in [0.1, 0.15) is 24.8 Å². The number of carbonyl (C=O) groups is 1. The van der Waals surface area contributed by atoms with Crippen molar-refractivity contribution < 1.29 is 9.53 Å². The highest BCUT2D eigenvalue weighted by Crippen LogP contribution is 2.27. The largest absolute Gasteiger partial charge is 0.492 e. The van der Waals surface area contributed by atoms with Gasteiger partial charge in [-0.1, -0.05) is 41.5 Å². The molecule has 0 bridgehead atoms. The first kappa shape index (κ1) is 19.8. The van der Waals surface area contributed by atoms with Gasteiger partial charge in [-0.05, 0) is 43.3 Å². The van der Waals surface area contributed by atoms with Gasteiger partial charge in [-0.25, -0.2) is 0 Å². The van der Waals surface area contributed by atoms with Gasteiger partial charge in [-0.2, -0.15) is 0 Å². The van der Waals surface area contributed by atoms with Crippen molar-refractivity contribution in [2.24, 2.45) is 0 Å². The molecule has 134 valence electrons. The molecule has 0 saturated heterocycles. The molecule has 0 aliphatic carbocycles. The number of aromatic nitrogens is 2. The number of benzene rings is 1. The minimum Gasteiger partial charge on any atom is -0.492 e. The number of nitrogens with zero attached hydrogens (tertiary/aromatic N) is 2. The second-order valence-corrected chi connectivity index (χ2v) is 7.20. The molecular formula is C15H16Cl2N4O2S2. The standard InChI is InChI=1S/C15H16Cl2N4O2S2/c1-2-13-20-21-15(25-13)19-14(24)18-12(22)4-3-7-23-11-6-5-9(16)8-10(11)17/h5-6,8H,2-4,7H2,1H3,(H2,18,19,21,22,24). The molecule has 2 rings (SSSR count). The van der Waals surface area contributed by atoms with Crippen LogP contribution in [0.3, 0.4) is 0 Å². The summed E-state index contributed by atoms with van der Waals surface area (Å²) in [6, 6.07) is 4.99. The quantitative estimate of drug-likeness (QED) is 0.520. The maximum atomic E-state index is 11.9. The van der Waals surface area contributed by atoms with Gasteiger partial charge < -0.3 is 15.4 Å². The fourth-order valence-corrected chi connectivity index (χ4v) is 3.19. The molecule has 1 heterocycles. The first-order chi connectivity index (χ1) is 12.0. The second-order valence-electron chi connectivity index (χ2n) is 4.88.